The van der Waals surface area contributed by atoms with Crippen LogP contribution >= 0.6 is 0 Å². The summed E-state index contributed by atoms with van der Waals surface area (Å²) in [6.07, 6.45) is -1.02. The van der Waals surface area contributed by atoms with E-state index in [4.69, 9.17) is 4.74 Å². The molecule has 1 N–H and O–H groups in total. The van der Waals surface area contributed by atoms with E-state index in [0.29, 0.717) is 5.56 Å². The summed E-state index contributed by atoms with van der Waals surface area (Å²) in [7, 11) is 1.58. The Hall–Kier alpha value is -1.09. The van der Waals surface area contributed by atoms with Gasteiger partial charge in [0.2, 0.25) is 0 Å². The van der Waals surface area contributed by atoms with Crippen LogP contribution in [0.25, 0.3) is 0 Å². The van der Waals surface area contributed by atoms with Gasteiger partial charge in [0.1, 0.15) is 18.5 Å². The minimum absolute atomic E-state index is 0.584. The number of halogens is 1. The van der Waals surface area contributed by atoms with Gasteiger partial charge in [-0.2, -0.15) is 0 Å². The lowest BCUT2D eigenvalue weighted by molar-refractivity contribution is 0.141. The smallest absolute Gasteiger partial charge is 0.121 e. The second-order valence-corrected chi connectivity index (χ2v) is 2.90. The topological polar surface area (TPSA) is 29.5 Å². The summed E-state index contributed by atoms with van der Waals surface area (Å²) >= 11 is 0. The minimum atomic E-state index is -1.02. The molecule has 1 unspecified atom stereocenters. The zero-order valence-electron chi connectivity index (χ0n) is 7.75. The summed E-state index contributed by atoms with van der Waals surface area (Å²) < 4.78 is 17.1. The van der Waals surface area contributed by atoms with Crippen LogP contribution < -0.4 is 4.74 Å². The summed E-state index contributed by atoms with van der Waals surface area (Å²) in [5.41, 5.74) is 1.48. The highest BCUT2D eigenvalue weighted by Gasteiger charge is 2.08. The van der Waals surface area contributed by atoms with Crippen LogP contribution in [0.3, 0.4) is 0 Å². The van der Waals surface area contributed by atoms with Crippen LogP contribution in [0.2, 0.25) is 0 Å². The van der Waals surface area contributed by atoms with Gasteiger partial charge in [-0.25, -0.2) is 4.39 Å². The van der Waals surface area contributed by atoms with Crippen molar-refractivity contribution in [3.05, 3.63) is 29.3 Å². The van der Waals surface area contributed by atoms with Crippen molar-refractivity contribution >= 4 is 0 Å². The Morgan fingerprint density at radius 1 is 1.54 bits per heavy atom. The van der Waals surface area contributed by atoms with Crippen molar-refractivity contribution in [2.75, 3.05) is 13.8 Å². The van der Waals surface area contributed by atoms with Crippen LogP contribution in [0.15, 0.2) is 18.2 Å². The predicted molar refractivity (Wildman–Crippen MR) is 48.7 cm³/mol. The highest BCUT2D eigenvalue weighted by Crippen LogP contribution is 2.22. The maximum Gasteiger partial charge on any atom is 0.121 e. The Morgan fingerprint density at radius 2 is 2.23 bits per heavy atom. The Morgan fingerprint density at radius 3 is 2.69 bits per heavy atom. The first-order valence-electron chi connectivity index (χ1n) is 4.07. The molecule has 0 saturated heterocycles. The quantitative estimate of drug-likeness (QED) is 0.778. The Balaban J connectivity index is 2.95. The molecule has 0 aliphatic heterocycles. The number of hydrogen-bond acceptors (Lipinski definition) is 2. The molecule has 0 aromatic heterocycles. The Bertz CT molecular complexity index is 286. The van der Waals surface area contributed by atoms with Crippen LogP contribution in [0.5, 0.6) is 5.75 Å². The van der Waals surface area contributed by atoms with E-state index in [0.717, 1.165) is 11.3 Å². The molecule has 0 bridgehead atoms. The Kier molecular flexibility index (Phi) is 3.25. The second kappa shape index (κ2) is 4.23. The van der Waals surface area contributed by atoms with E-state index in [9.17, 15) is 9.50 Å². The zero-order chi connectivity index (χ0) is 9.84. The molecule has 2 nitrogen and oxygen atoms in total. The molecular weight excluding hydrogens is 171 g/mol. The van der Waals surface area contributed by atoms with Crippen molar-refractivity contribution in [2.45, 2.75) is 13.0 Å². The molecule has 0 fully saturated rings. The number of methoxy groups -OCH3 is 1. The van der Waals surface area contributed by atoms with Crippen molar-refractivity contribution in [3.63, 3.8) is 0 Å². The summed E-state index contributed by atoms with van der Waals surface area (Å²) in [4.78, 5) is 0. The number of aryl methyl sites for hydroxylation is 1. The van der Waals surface area contributed by atoms with Gasteiger partial charge in [-0.3, -0.25) is 0 Å². The fourth-order valence-electron chi connectivity index (χ4n) is 1.20. The summed E-state index contributed by atoms with van der Waals surface area (Å²) in [5, 5.41) is 9.20. The van der Waals surface area contributed by atoms with Gasteiger partial charge < -0.3 is 9.84 Å². The van der Waals surface area contributed by atoms with Gasteiger partial charge in [0.05, 0.1) is 7.11 Å². The lowest BCUT2D eigenvalue weighted by Crippen LogP contribution is -2.00. The number of rotatable bonds is 3. The van der Waals surface area contributed by atoms with Gasteiger partial charge >= 0.3 is 0 Å². The van der Waals surface area contributed by atoms with Gasteiger partial charge in [-0.1, -0.05) is 6.07 Å². The van der Waals surface area contributed by atoms with E-state index >= 15 is 0 Å². The van der Waals surface area contributed by atoms with Gasteiger partial charge in [0.25, 0.3) is 0 Å². The molecule has 0 amide bonds. The number of benzene rings is 1. The van der Waals surface area contributed by atoms with Crippen molar-refractivity contribution in [3.8, 4) is 5.75 Å². The third-order valence-electron chi connectivity index (χ3n) is 1.95. The molecule has 0 aliphatic rings. The third-order valence-corrected chi connectivity index (χ3v) is 1.95. The first kappa shape index (κ1) is 9.99. The summed E-state index contributed by atoms with van der Waals surface area (Å²) in [5.74, 6) is 0.745. The lowest BCUT2D eigenvalue weighted by Gasteiger charge is -2.09. The van der Waals surface area contributed by atoms with Crippen molar-refractivity contribution in [1.29, 1.82) is 0 Å². The normalized spacial score (nSPS) is 12.6. The third kappa shape index (κ3) is 2.18. The predicted octanol–water partition coefficient (Wildman–Crippen LogP) is 2.01. The number of alkyl halides is 1. The zero-order valence-corrected chi connectivity index (χ0v) is 7.75. The van der Waals surface area contributed by atoms with Crippen LogP contribution in [-0.2, 0) is 0 Å². The van der Waals surface area contributed by atoms with Crippen LogP contribution in [0.1, 0.15) is 17.2 Å². The fourth-order valence-corrected chi connectivity index (χ4v) is 1.20. The molecule has 0 aliphatic carbocycles. The molecule has 1 aromatic rings. The number of aliphatic hydroxyl groups excluding tert-OH is 1. The lowest BCUT2D eigenvalue weighted by atomic mass is 10.1. The highest BCUT2D eigenvalue weighted by molar-refractivity contribution is 5.36. The molecule has 0 radical (unpaired) electrons. The van der Waals surface area contributed by atoms with E-state index in [1.807, 2.05) is 6.92 Å². The molecule has 13 heavy (non-hydrogen) atoms. The van der Waals surface area contributed by atoms with Gasteiger partial charge in [0, 0.05) is 0 Å². The molecule has 3 heteroatoms. The van der Waals surface area contributed by atoms with Crippen molar-refractivity contribution in [1.82, 2.24) is 0 Å². The minimum Gasteiger partial charge on any atom is -0.496 e. The molecule has 0 saturated carbocycles. The summed E-state index contributed by atoms with van der Waals surface area (Å²) in [6, 6.07) is 5.11. The van der Waals surface area contributed by atoms with Gasteiger partial charge in [0.15, 0.2) is 0 Å². The SMILES string of the molecule is COc1ccc(C(O)CF)cc1C. The highest BCUT2D eigenvalue weighted by atomic mass is 19.1. The number of ether oxygens (including phenoxy) is 1. The van der Waals surface area contributed by atoms with E-state index in [2.05, 4.69) is 0 Å². The largest absolute Gasteiger partial charge is 0.496 e. The van der Waals surface area contributed by atoms with Crippen LogP contribution in [0, 0.1) is 6.92 Å². The van der Waals surface area contributed by atoms with E-state index < -0.39 is 12.8 Å². The molecular formula is C10H13FO2. The maximum absolute atomic E-state index is 12.1. The molecule has 72 valence electrons. The van der Waals surface area contributed by atoms with Gasteiger partial charge in [-0.15, -0.1) is 0 Å². The molecule has 0 spiro atoms. The number of aliphatic hydroxyl groups is 1. The standard InChI is InChI=1S/C10H13FO2/c1-7-5-8(9(12)6-11)3-4-10(7)13-2/h3-5,9,12H,6H2,1-2H3. The van der Waals surface area contributed by atoms with Crippen molar-refractivity contribution < 1.29 is 14.2 Å². The van der Waals surface area contributed by atoms with Crippen LogP contribution in [-0.4, -0.2) is 18.9 Å². The first-order chi connectivity index (χ1) is 6.19. The maximum atomic E-state index is 12.1. The Labute approximate surface area is 77.0 Å². The van der Waals surface area contributed by atoms with E-state index in [1.54, 1.807) is 25.3 Å². The molecule has 1 aromatic carbocycles. The average Bonchev–Trinajstić information content (AvgIpc) is 2.16. The fraction of sp³-hybridized carbons (Fsp3) is 0.400. The molecule has 1 rings (SSSR count). The molecule has 1 atom stereocenters. The van der Waals surface area contributed by atoms with Gasteiger partial charge in [-0.05, 0) is 30.2 Å². The van der Waals surface area contributed by atoms with Crippen molar-refractivity contribution in [2.24, 2.45) is 0 Å². The average molecular weight is 184 g/mol. The first-order valence-corrected chi connectivity index (χ1v) is 4.07. The monoisotopic (exact) mass is 184 g/mol. The summed E-state index contributed by atoms with van der Waals surface area (Å²) in [6.45, 7) is 1.10. The van der Waals surface area contributed by atoms with E-state index in [-0.39, 0.29) is 0 Å². The second-order valence-electron chi connectivity index (χ2n) is 2.90. The van der Waals surface area contributed by atoms with Crippen LogP contribution in [0.4, 0.5) is 4.39 Å². The van der Waals surface area contributed by atoms with E-state index in [1.165, 1.54) is 0 Å². The number of hydrogen-bond donors (Lipinski definition) is 1. The molecule has 0 heterocycles.